The van der Waals surface area contributed by atoms with Crippen molar-refractivity contribution in [2.45, 2.75) is 18.1 Å². The Morgan fingerprint density at radius 2 is 2.20 bits per heavy atom. The Labute approximate surface area is 56.2 Å². The molecule has 0 aliphatic carbocycles. The van der Waals surface area contributed by atoms with Gasteiger partial charge in [-0.25, -0.2) is 8.78 Å². The zero-order chi connectivity index (χ0) is 7.78. The first-order chi connectivity index (χ1) is 4.58. The molecule has 1 rings (SSSR count). The largest absolute Gasteiger partial charge is 0.394 e. The highest BCUT2D eigenvalue weighted by molar-refractivity contribution is 4.89. The Morgan fingerprint density at radius 3 is 2.40 bits per heavy atom. The first-order valence-corrected chi connectivity index (χ1v) is 2.86. The van der Waals surface area contributed by atoms with Gasteiger partial charge in [0.1, 0.15) is 18.8 Å². The van der Waals surface area contributed by atoms with Crippen LogP contribution < -0.4 is 0 Å². The summed E-state index contributed by atoms with van der Waals surface area (Å²) in [5, 5.41) is 17.0. The van der Waals surface area contributed by atoms with Crippen molar-refractivity contribution in [3.63, 3.8) is 0 Å². The molecule has 0 radical (unpaired) electrons. The van der Waals surface area contributed by atoms with Crippen molar-refractivity contribution in [1.29, 1.82) is 0 Å². The molecule has 2 atom stereocenters. The summed E-state index contributed by atoms with van der Waals surface area (Å²) in [4.78, 5) is 0. The lowest BCUT2D eigenvalue weighted by atomic mass is 10.1. The summed E-state index contributed by atoms with van der Waals surface area (Å²) >= 11 is 0. The van der Waals surface area contributed by atoms with Crippen LogP contribution in [0.25, 0.3) is 0 Å². The van der Waals surface area contributed by atoms with Gasteiger partial charge < -0.3 is 14.9 Å². The molecule has 0 spiro atoms. The molecular formula is C5H8F2O3. The number of halogens is 2. The summed E-state index contributed by atoms with van der Waals surface area (Å²) in [5.74, 6) is -3.20. The number of rotatable bonds is 1. The third-order valence-electron chi connectivity index (χ3n) is 1.45. The molecule has 10 heavy (non-hydrogen) atoms. The second-order valence-electron chi connectivity index (χ2n) is 2.24. The van der Waals surface area contributed by atoms with Gasteiger partial charge in [0.25, 0.3) is 5.92 Å². The summed E-state index contributed by atoms with van der Waals surface area (Å²) in [7, 11) is 0. The van der Waals surface area contributed by atoms with Crippen molar-refractivity contribution < 1.29 is 23.7 Å². The number of aliphatic hydroxyl groups excluding tert-OH is 2. The topological polar surface area (TPSA) is 49.7 Å². The van der Waals surface area contributed by atoms with Gasteiger partial charge in [0.2, 0.25) is 0 Å². The molecule has 1 saturated heterocycles. The molecule has 60 valence electrons. The maximum Gasteiger partial charge on any atom is 0.298 e. The van der Waals surface area contributed by atoms with E-state index in [1.54, 1.807) is 0 Å². The highest BCUT2D eigenvalue weighted by Gasteiger charge is 2.50. The summed E-state index contributed by atoms with van der Waals surface area (Å²) in [6.07, 6.45) is -2.99. The average Bonchev–Trinajstić information content (AvgIpc) is 2.10. The van der Waals surface area contributed by atoms with Gasteiger partial charge >= 0.3 is 0 Å². The van der Waals surface area contributed by atoms with Crippen LogP contribution in [0.3, 0.4) is 0 Å². The summed E-state index contributed by atoms with van der Waals surface area (Å²) in [5.41, 5.74) is 0. The lowest BCUT2D eigenvalue weighted by Gasteiger charge is -2.13. The quantitative estimate of drug-likeness (QED) is 0.529. The Hall–Kier alpha value is -0.260. The Bertz CT molecular complexity index is 128. The average molecular weight is 154 g/mol. The van der Waals surface area contributed by atoms with Gasteiger partial charge in [-0.15, -0.1) is 0 Å². The van der Waals surface area contributed by atoms with Crippen molar-refractivity contribution >= 4 is 0 Å². The Morgan fingerprint density at radius 1 is 1.60 bits per heavy atom. The molecule has 2 unspecified atom stereocenters. The van der Waals surface area contributed by atoms with Crippen molar-refractivity contribution in [2.75, 3.05) is 13.2 Å². The fourth-order valence-corrected chi connectivity index (χ4v) is 0.819. The van der Waals surface area contributed by atoms with Crippen molar-refractivity contribution in [3.8, 4) is 0 Å². The molecule has 1 aliphatic rings. The molecular weight excluding hydrogens is 146 g/mol. The van der Waals surface area contributed by atoms with Crippen LogP contribution in [0.2, 0.25) is 0 Å². The number of hydrogen-bond acceptors (Lipinski definition) is 3. The minimum atomic E-state index is -3.20. The van der Waals surface area contributed by atoms with E-state index in [0.29, 0.717) is 0 Å². The van der Waals surface area contributed by atoms with Gasteiger partial charge in [-0.2, -0.15) is 0 Å². The van der Waals surface area contributed by atoms with Crippen LogP contribution in [-0.4, -0.2) is 41.6 Å². The zero-order valence-corrected chi connectivity index (χ0v) is 5.13. The van der Waals surface area contributed by atoms with Gasteiger partial charge in [-0.3, -0.25) is 0 Å². The van der Waals surface area contributed by atoms with Gasteiger partial charge in [-0.05, 0) is 0 Å². The Balaban J connectivity index is 2.58. The van der Waals surface area contributed by atoms with E-state index in [2.05, 4.69) is 4.74 Å². The second-order valence-corrected chi connectivity index (χ2v) is 2.24. The molecule has 5 heteroatoms. The first-order valence-electron chi connectivity index (χ1n) is 2.86. The molecule has 0 amide bonds. The monoisotopic (exact) mass is 154 g/mol. The second kappa shape index (κ2) is 2.41. The molecule has 0 aromatic heterocycles. The standard InChI is InChI=1S/C5H8F2O3/c6-5(7)2-10-3(1-8)4(5)9/h3-4,8-9H,1-2H2. The highest BCUT2D eigenvalue weighted by Crippen LogP contribution is 2.29. The molecule has 0 aromatic rings. The molecule has 1 heterocycles. The molecule has 1 fully saturated rings. The normalized spacial score (nSPS) is 38.4. The number of hydrogen-bond donors (Lipinski definition) is 2. The van der Waals surface area contributed by atoms with Gasteiger partial charge in [0.05, 0.1) is 6.61 Å². The van der Waals surface area contributed by atoms with Crippen LogP contribution in [-0.2, 0) is 4.74 Å². The third-order valence-corrected chi connectivity index (χ3v) is 1.45. The first kappa shape index (κ1) is 7.84. The van der Waals surface area contributed by atoms with E-state index in [1.807, 2.05) is 0 Å². The van der Waals surface area contributed by atoms with Gasteiger partial charge in [-0.1, -0.05) is 0 Å². The minimum Gasteiger partial charge on any atom is -0.394 e. The molecule has 0 bridgehead atoms. The minimum absolute atomic E-state index is 0.573. The number of alkyl halides is 2. The van der Waals surface area contributed by atoms with Crippen LogP contribution >= 0.6 is 0 Å². The van der Waals surface area contributed by atoms with Crippen molar-refractivity contribution in [3.05, 3.63) is 0 Å². The van der Waals surface area contributed by atoms with Crippen LogP contribution in [0.15, 0.2) is 0 Å². The van der Waals surface area contributed by atoms with E-state index in [4.69, 9.17) is 10.2 Å². The van der Waals surface area contributed by atoms with E-state index in [1.165, 1.54) is 0 Å². The van der Waals surface area contributed by atoms with Gasteiger partial charge in [0.15, 0.2) is 0 Å². The van der Waals surface area contributed by atoms with Crippen LogP contribution in [0, 0.1) is 0 Å². The van der Waals surface area contributed by atoms with Crippen LogP contribution in [0.1, 0.15) is 0 Å². The van der Waals surface area contributed by atoms with E-state index < -0.39 is 31.3 Å². The molecule has 0 saturated carbocycles. The summed E-state index contributed by atoms with van der Waals surface area (Å²) < 4.78 is 29.0. The lowest BCUT2D eigenvalue weighted by molar-refractivity contribution is -0.0842. The maximum absolute atomic E-state index is 12.3. The Kier molecular flexibility index (Phi) is 1.89. The summed E-state index contributed by atoms with van der Waals surface area (Å²) in [6.45, 7) is -1.38. The van der Waals surface area contributed by atoms with E-state index in [0.717, 1.165) is 0 Å². The van der Waals surface area contributed by atoms with Gasteiger partial charge in [0, 0.05) is 0 Å². The summed E-state index contributed by atoms with van der Waals surface area (Å²) in [6, 6.07) is 0. The predicted octanol–water partition coefficient (Wildman–Crippen LogP) is -0.626. The molecule has 1 aliphatic heterocycles. The fraction of sp³-hybridized carbons (Fsp3) is 1.00. The van der Waals surface area contributed by atoms with Crippen LogP contribution in [0.4, 0.5) is 8.78 Å². The fourth-order valence-electron chi connectivity index (χ4n) is 0.819. The van der Waals surface area contributed by atoms with E-state index in [-0.39, 0.29) is 0 Å². The smallest absolute Gasteiger partial charge is 0.298 e. The number of ether oxygens (including phenoxy) is 1. The molecule has 2 N–H and O–H groups in total. The molecule has 3 nitrogen and oxygen atoms in total. The predicted molar refractivity (Wildman–Crippen MR) is 27.8 cm³/mol. The lowest BCUT2D eigenvalue weighted by Crippen LogP contribution is -2.37. The van der Waals surface area contributed by atoms with Crippen molar-refractivity contribution in [2.24, 2.45) is 0 Å². The maximum atomic E-state index is 12.3. The zero-order valence-electron chi connectivity index (χ0n) is 5.13. The third kappa shape index (κ3) is 1.12. The number of aliphatic hydroxyl groups is 2. The van der Waals surface area contributed by atoms with Crippen LogP contribution in [0.5, 0.6) is 0 Å². The molecule has 0 aromatic carbocycles. The highest BCUT2D eigenvalue weighted by atomic mass is 19.3. The van der Waals surface area contributed by atoms with Crippen molar-refractivity contribution in [1.82, 2.24) is 0 Å². The SMILES string of the molecule is OCC1OCC(F)(F)C1O. The van der Waals surface area contributed by atoms with E-state index >= 15 is 0 Å². The van der Waals surface area contributed by atoms with E-state index in [9.17, 15) is 8.78 Å².